The maximum atomic E-state index is 12.1. The third kappa shape index (κ3) is 4.71. The molecule has 0 spiro atoms. The van der Waals surface area contributed by atoms with E-state index in [1.807, 2.05) is 63.2 Å². The molecule has 0 saturated heterocycles. The molecule has 0 radical (unpaired) electrons. The summed E-state index contributed by atoms with van der Waals surface area (Å²) >= 11 is 0. The van der Waals surface area contributed by atoms with Gasteiger partial charge in [-0.25, -0.2) is 0 Å². The van der Waals surface area contributed by atoms with Crippen LogP contribution in [0.25, 0.3) is 0 Å². The van der Waals surface area contributed by atoms with E-state index >= 15 is 0 Å². The van der Waals surface area contributed by atoms with Gasteiger partial charge in [0, 0.05) is 43.4 Å². The van der Waals surface area contributed by atoms with E-state index in [0.717, 1.165) is 23.5 Å². The maximum absolute atomic E-state index is 12.1. The lowest BCUT2D eigenvalue weighted by Crippen LogP contribution is -2.32. The van der Waals surface area contributed by atoms with E-state index in [1.54, 1.807) is 12.3 Å². The molecule has 0 aliphatic rings. The first-order valence-electron chi connectivity index (χ1n) is 7.81. The first kappa shape index (κ1) is 16.8. The first-order valence-corrected chi connectivity index (χ1v) is 7.81. The van der Waals surface area contributed by atoms with Crippen LogP contribution in [0.15, 0.2) is 42.6 Å². The molecule has 0 saturated carbocycles. The number of carbonyl (C=O) groups excluding carboxylic acids is 1. The number of nitrogens with zero attached hydrogens (tertiary/aromatic N) is 2. The molecule has 1 amide bonds. The van der Waals surface area contributed by atoms with Gasteiger partial charge in [0.05, 0.1) is 0 Å². The Hall–Kier alpha value is -2.56. The van der Waals surface area contributed by atoms with Crippen molar-refractivity contribution in [1.29, 1.82) is 0 Å². The molecule has 0 bridgehead atoms. The van der Waals surface area contributed by atoms with Crippen molar-refractivity contribution in [2.24, 2.45) is 0 Å². The molecule has 1 heterocycles. The summed E-state index contributed by atoms with van der Waals surface area (Å²) in [7, 11) is 4.01. The minimum Gasteiger partial charge on any atom is -0.378 e. The highest BCUT2D eigenvalue weighted by molar-refractivity contribution is 5.93. The van der Waals surface area contributed by atoms with Crippen LogP contribution in [-0.4, -0.2) is 31.0 Å². The number of benzene rings is 1. The lowest BCUT2D eigenvalue weighted by molar-refractivity contribution is 0.0934. The summed E-state index contributed by atoms with van der Waals surface area (Å²) in [4.78, 5) is 18.3. The third-order valence-corrected chi connectivity index (χ3v) is 3.65. The number of hydrogen-bond acceptors (Lipinski definition) is 4. The van der Waals surface area contributed by atoms with Gasteiger partial charge >= 0.3 is 0 Å². The molecule has 1 aromatic heterocycles. The van der Waals surface area contributed by atoms with Gasteiger partial charge in [-0.3, -0.25) is 9.78 Å². The smallest absolute Gasteiger partial charge is 0.270 e. The summed E-state index contributed by atoms with van der Waals surface area (Å²) in [6, 6.07) is 11.8. The lowest BCUT2D eigenvalue weighted by atomic mass is 10.2. The fourth-order valence-electron chi connectivity index (χ4n) is 2.04. The lowest BCUT2D eigenvalue weighted by Gasteiger charge is -2.14. The predicted molar refractivity (Wildman–Crippen MR) is 95.5 cm³/mol. The number of nitrogens with one attached hydrogen (secondary N) is 2. The van der Waals surface area contributed by atoms with Gasteiger partial charge in [-0.15, -0.1) is 0 Å². The van der Waals surface area contributed by atoms with Crippen LogP contribution in [0.4, 0.5) is 17.1 Å². The average Bonchev–Trinajstić information content (AvgIpc) is 2.55. The normalized spacial score (nSPS) is 11.7. The summed E-state index contributed by atoms with van der Waals surface area (Å²) in [6.45, 7) is 4.01. The number of carbonyl (C=O) groups is 1. The van der Waals surface area contributed by atoms with Gasteiger partial charge in [0.15, 0.2) is 0 Å². The average molecular weight is 312 g/mol. The Morgan fingerprint density at radius 2 is 1.87 bits per heavy atom. The molecule has 23 heavy (non-hydrogen) atoms. The SMILES string of the molecule is CCC(C)NC(=O)c1cc(Nc2ccc(N(C)C)cc2)ccn1. The summed E-state index contributed by atoms with van der Waals surface area (Å²) in [5.74, 6) is -0.147. The Kier molecular flexibility index (Phi) is 5.57. The highest BCUT2D eigenvalue weighted by atomic mass is 16.1. The standard InChI is InChI=1S/C18H24N4O/c1-5-13(2)20-18(23)17-12-15(10-11-19-17)21-14-6-8-16(9-7-14)22(3)4/h6-13H,5H2,1-4H3,(H,19,21)(H,20,23). The van der Waals surface area contributed by atoms with E-state index in [9.17, 15) is 4.79 Å². The quantitative estimate of drug-likeness (QED) is 0.858. The van der Waals surface area contributed by atoms with Crippen molar-refractivity contribution in [2.75, 3.05) is 24.3 Å². The van der Waals surface area contributed by atoms with E-state index in [2.05, 4.69) is 15.6 Å². The van der Waals surface area contributed by atoms with E-state index in [1.165, 1.54) is 0 Å². The Bertz CT molecular complexity index is 652. The molecule has 0 aliphatic carbocycles. The fraction of sp³-hybridized carbons (Fsp3) is 0.333. The number of rotatable bonds is 6. The number of anilines is 3. The van der Waals surface area contributed by atoms with Gasteiger partial charge in [-0.05, 0) is 49.7 Å². The zero-order valence-electron chi connectivity index (χ0n) is 14.1. The van der Waals surface area contributed by atoms with Crippen molar-refractivity contribution in [1.82, 2.24) is 10.3 Å². The maximum Gasteiger partial charge on any atom is 0.270 e. The molecule has 1 unspecified atom stereocenters. The summed E-state index contributed by atoms with van der Waals surface area (Å²) < 4.78 is 0. The molecular weight excluding hydrogens is 288 g/mol. The van der Waals surface area contributed by atoms with Crippen LogP contribution in [0.2, 0.25) is 0 Å². The van der Waals surface area contributed by atoms with Crippen LogP contribution < -0.4 is 15.5 Å². The molecule has 2 rings (SSSR count). The molecule has 2 N–H and O–H groups in total. The monoisotopic (exact) mass is 312 g/mol. The zero-order valence-corrected chi connectivity index (χ0v) is 14.1. The van der Waals surface area contributed by atoms with Crippen LogP contribution in [0.5, 0.6) is 0 Å². The van der Waals surface area contributed by atoms with Crippen LogP contribution in [-0.2, 0) is 0 Å². The van der Waals surface area contributed by atoms with Crippen molar-refractivity contribution in [3.05, 3.63) is 48.3 Å². The summed E-state index contributed by atoms with van der Waals surface area (Å²) in [5.41, 5.74) is 3.36. The minimum atomic E-state index is -0.147. The van der Waals surface area contributed by atoms with Crippen LogP contribution in [0, 0.1) is 0 Å². The third-order valence-electron chi connectivity index (χ3n) is 3.65. The second-order valence-electron chi connectivity index (χ2n) is 5.78. The summed E-state index contributed by atoms with van der Waals surface area (Å²) in [6.07, 6.45) is 2.53. The van der Waals surface area contributed by atoms with Crippen LogP contribution in [0.1, 0.15) is 30.8 Å². The molecule has 2 aromatic rings. The molecular formula is C18H24N4O. The predicted octanol–water partition coefficient (Wildman–Crippen LogP) is 3.42. The number of hydrogen-bond donors (Lipinski definition) is 2. The number of pyridine rings is 1. The van der Waals surface area contributed by atoms with Crippen molar-refractivity contribution in [2.45, 2.75) is 26.3 Å². The Labute approximate surface area is 137 Å². The van der Waals surface area contributed by atoms with Gasteiger partial charge < -0.3 is 15.5 Å². The fourth-order valence-corrected chi connectivity index (χ4v) is 2.04. The number of aromatic nitrogens is 1. The second kappa shape index (κ2) is 7.63. The Morgan fingerprint density at radius 1 is 1.17 bits per heavy atom. The molecule has 5 nitrogen and oxygen atoms in total. The Balaban J connectivity index is 2.09. The zero-order chi connectivity index (χ0) is 16.8. The van der Waals surface area contributed by atoms with Gasteiger partial charge in [0.2, 0.25) is 0 Å². The van der Waals surface area contributed by atoms with E-state index in [-0.39, 0.29) is 11.9 Å². The van der Waals surface area contributed by atoms with Crippen molar-refractivity contribution in [3.63, 3.8) is 0 Å². The van der Waals surface area contributed by atoms with Gasteiger partial charge in [-0.2, -0.15) is 0 Å². The second-order valence-corrected chi connectivity index (χ2v) is 5.78. The molecule has 0 fully saturated rings. The Morgan fingerprint density at radius 3 is 2.48 bits per heavy atom. The van der Waals surface area contributed by atoms with E-state index in [4.69, 9.17) is 0 Å². The molecule has 122 valence electrons. The first-order chi connectivity index (χ1) is 11.0. The van der Waals surface area contributed by atoms with Crippen molar-refractivity contribution in [3.8, 4) is 0 Å². The van der Waals surface area contributed by atoms with Crippen LogP contribution in [0.3, 0.4) is 0 Å². The van der Waals surface area contributed by atoms with Gasteiger partial charge in [0.25, 0.3) is 5.91 Å². The molecule has 1 aromatic carbocycles. The van der Waals surface area contributed by atoms with Crippen molar-refractivity contribution < 1.29 is 4.79 Å². The largest absolute Gasteiger partial charge is 0.378 e. The van der Waals surface area contributed by atoms with Crippen molar-refractivity contribution >= 4 is 23.0 Å². The van der Waals surface area contributed by atoms with E-state index < -0.39 is 0 Å². The number of amides is 1. The van der Waals surface area contributed by atoms with Gasteiger partial charge in [0.1, 0.15) is 5.69 Å². The summed E-state index contributed by atoms with van der Waals surface area (Å²) in [5, 5.41) is 6.22. The molecule has 1 atom stereocenters. The van der Waals surface area contributed by atoms with Gasteiger partial charge in [-0.1, -0.05) is 6.92 Å². The molecule has 5 heteroatoms. The highest BCUT2D eigenvalue weighted by Gasteiger charge is 2.10. The highest BCUT2D eigenvalue weighted by Crippen LogP contribution is 2.20. The minimum absolute atomic E-state index is 0.138. The molecule has 0 aliphatic heterocycles. The topological polar surface area (TPSA) is 57.3 Å². The van der Waals surface area contributed by atoms with Crippen LogP contribution >= 0.6 is 0 Å². The van der Waals surface area contributed by atoms with E-state index in [0.29, 0.717) is 5.69 Å².